The Hall–Kier alpha value is -5.74. The lowest BCUT2D eigenvalue weighted by atomic mass is 10.0. The highest BCUT2D eigenvalue weighted by atomic mass is 16.7. The topological polar surface area (TPSA) is 193 Å². The summed E-state index contributed by atoms with van der Waals surface area (Å²) >= 11 is 0. The number of methoxy groups -OCH3 is 4. The molecule has 0 saturated carbocycles. The van der Waals surface area contributed by atoms with Crippen molar-refractivity contribution < 1.29 is 38.1 Å². The second-order valence-electron chi connectivity index (χ2n) is 15.4. The first-order chi connectivity index (χ1) is 27.8. The first-order valence-electron chi connectivity index (χ1n) is 19.5. The molecule has 2 aromatic carbocycles. The Morgan fingerprint density at radius 2 is 1.10 bits per heavy atom. The maximum absolute atomic E-state index is 13.9. The van der Waals surface area contributed by atoms with Crippen molar-refractivity contribution in [1.29, 1.82) is 0 Å². The summed E-state index contributed by atoms with van der Waals surface area (Å²) in [6.07, 6.45) is 4.16. The molecule has 310 valence electrons. The number of hydrogen-bond acceptors (Lipinski definition) is 10. The van der Waals surface area contributed by atoms with E-state index in [9.17, 15) is 19.2 Å². The van der Waals surface area contributed by atoms with Gasteiger partial charge in [-0.3, -0.25) is 9.59 Å². The molecule has 0 spiro atoms. The number of rotatable bonds is 13. The van der Waals surface area contributed by atoms with E-state index in [0.717, 1.165) is 46.5 Å². The number of nitrogens with one attached hydrogen (secondary N) is 4. The Bertz CT molecular complexity index is 2060. The number of amides is 4. The van der Waals surface area contributed by atoms with Crippen LogP contribution in [0.3, 0.4) is 0 Å². The molecule has 2 saturated heterocycles. The lowest BCUT2D eigenvalue weighted by Crippen LogP contribution is -2.52. The van der Waals surface area contributed by atoms with Crippen LogP contribution in [0.2, 0.25) is 0 Å². The molecule has 2 fully saturated rings. The van der Waals surface area contributed by atoms with Crippen LogP contribution in [0, 0.1) is 11.8 Å². The van der Waals surface area contributed by atoms with Crippen molar-refractivity contribution in [3.63, 3.8) is 0 Å². The smallest absolute Gasteiger partial charge is 0.407 e. The van der Waals surface area contributed by atoms with Gasteiger partial charge in [0.15, 0.2) is 5.79 Å². The van der Waals surface area contributed by atoms with E-state index in [-0.39, 0.29) is 36.2 Å². The van der Waals surface area contributed by atoms with Gasteiger partial charge in [0.05, 0.1) is 56.6 Å². The standard InChI is InChI=1S/C42H54N8O8/c1-24(2)34(47-40(53)55-5)38(51)49-19-9-10-32(49)36-43-21-30(45-36)28-15-11-26(12-16-28)27-13-17-29(18-14-27)31-22-44-37(46-31)33-20-42(57-7,58-8)23-50(33)39(52)35(25(3)4)48-41(54)56-6/h11-18,21-22,24-25,32-35H,9-10,19-20,23H2,1-8H3,(H,43,45)(H,44,46)(H,47,53)(H,48,54)/t32?,33-,34?,35?/m0/s1. The zero-order chi connectivity index (χ0) is 41.7. The lowest BCUT2D eigenvalue weighted by molar-refractivity contribution is -0.197. The lowest BCUT2D eigenvalue weighted by Gasteiger charge is -2.30. The van der Waals surface area contributed by atoms with Crippen molar-refractivity contribution in [2.45, 2.75) is 76.9 Å². The second-order valence-corrected chi connectivity index (χ2v) is 15.4. The van der Waals surface area contributed by atoms with Gasteiger partial charge in [0, 0.05) is 27.2 Å². The number of ether oxygens (including phenoxy) is 4. The Labute approximate surface area is 338 Å². The fourth-order valence-electron chi connectivity index (χ4n) is 7.75. The van der Waals surface area contributed by atoms with Crippen LogP contribution in [0.15, 0.2) is 60.9 Å². The van der Waals surface area contributed by atoms with Gasteiger partial charge in [-0.1, -0.05) is 76.2 Å². The molecule has 58 heavy (non-hydrogen) atoms. The van der Waals surface area contributed by atoms with E-state index in [1.165, 1.54) is 14.2 Å². The zero-order valence-corrected chi connectivity index (χ0v) is 34.3. The predicted octanol–water partition coefficient (Wildman–Crippen LogP) is 5.82. The number of imidazole rings is 2. The molecule has 2 aliphatic heterocycles. The number of aromatic amines is 2. The molecule has 6 rings (SSSR count). The van der Waals surface area contributed by atoms with E-state index in [1.54, 1.807) is 36.4 Å². The number of likely N-dealkylation sites (tertiary alicyclic amines) is 2. The highest BCUT2D eigenvalue weighted by molar-refractivity contribution is 5.87. The number of aromatic nitrogens is 4. The van der Waals surface area contributed by atoms with E-state index in [1.807, 2.05) is 64.1 Å². The van der Waals surface area contributed by atoms with Crippen molar-refractivity contribution >= 4 is 24.0 Å². The van der Waals surface area contributed by atoms with Gasteiger partial charge in [0.1, 0.15) is 23.7 Å². The summed E-state index contributed by atoms with van der Waals surface area (Å²) in [6, 6.07) is 14.1. The number of alkyl carbamates (subject to hydrolysis) is 2. The minimum Gasteiger partial charge on any atom is -0.453 e. The van der Waals surface area contributed by atoms with Crippen molar-refractivity contribution in [2.24, 2.45) is 11.8 Å². The molecule has 2 aliphatic rings. The quantitative estimate of drug-likeness (QED) is 0.120. The van der Waals surface area contributed by atoms with Gasteiger partial charge in [-0.15, -0.1) is 0 Å². The summed E-state index contributed by atoms with van der Waals surface area (Å²) in [5, 5.41) is 5.36. The first-order valence-corrected chi connectivity index (χ1v) is 19.5. The molecule has 0 radical (unpaired) electrons. The average molecular weight is 799 g/mol. The van der Waals surface area contributed by atoms with Crippen molar-refractivity contribution in [2.75, 3.05) is 41.5 Å². The highest BCUT2D eigenvalue weighted by Crippen LogP contribution is 2.41. The van der Waals surface area contributed by atoms with Crippen LogP contribution in [-0.2, 0) is 28.5 Å². The molecule has 0 bridgehead atoms. The van der Waals surface area contributed by atoms with Crippen LogP contribution < -0.4 is 10.6 Å². The maximum atomic E-state index is 13.9. The summed E-state index contributed by atoms with van der Waals surface area (Å²) in [7, 11) is 5.64. The molecule has 0 aliphatic carbocycles. The average Bonchev–Trinajstić information content (AvgIpc) is 4.07. The van der Waals surface area contributed by atoms with Crippen molar-refractivity contribution in [1.82, 2.24) is 40.4 Å². The Morgan fingerprint density at radius 3 is 1.53 bits per heavy atom. The van der Waals surface area contributed by atoms with Crippen LogP contribution >= 0.6 is 0 Å². The normalized spacial score (nSPS) is 18.7. The van der Waals surface area contributed by atoms with Gasteiger partial charge in [0.25, 0.3) is 0 Å². The highest BCUT2D eigenvalue weighted by Gasteiger charge is 2.50. The van der Waals surface area contributed by atoms with E-state index in [0.29, 0.717) is 24.6 Å². The van der Waals surface area contributed by atoms with E-state index < -0.39 is 36.1 Å². The molecule has 4 amide bonds. The van der Waals surface area contributed by atoms with Gasteiger partial charge in [-0.05, 0) is 46.9 Å². The minimum absolute atomic E-state index is 0.114. The molecular weight excluding hydrogens is 745 g/mol. The van der Waals surface area contributed by atoms with Gasteiger partial charge in [0.2, 0.25) is 11.8 Å². The predicted molar refractivity (Wildman–Crippen MR) is 215 cm³/mol. The minimum atomic E-state index is -1.04. The van der Waals surface area contributed by atoms with Crippen molar-refractivity contribution in [3.05, 3.63) is 72.6 Å². The third-order valence-electron chi connectivity index (χ3n) is 11.2. The summed E-state index contributed by atoms with van der Waals surface area (Å²) in [6.45, 7) is 8.24. The molecular formula is C42H54N8O8. The van der Waals surface area contributed by atoms with Gasteiger partial charge in [-0.2, -0.15) is 0 Å². The first kappa shape index (κ1) is 41.9. The van der Waals surface area contributed by atoms with E-state index in [2.05, 4.69) is 42.7 Å². The Kier molecular flexibility index (Phi) is 12.9. The largest absolute Gasteiger partial charge is 0.453 e. The maximum Gasteiger partial charge on any atom is 0.407 e. The third kappa shape index (κ3) is 8.72. The number of nitrogens with zero attached hydrogens (tertiary/aromatic N) is 4. The monoisotopic (exact) mass is 798 g/mol. The fourth-order valence-corrected chi connectivity index (χ4v) is 7.75. The molecule has 2 aromatic heterocycles. The van der Waals surface area contributed by atoms with E-state index in [4.69, 9.17) is 18.9 Å². The Morgan fingerprint density at radius 1 is 0.672 bits per heavy atom. The molecule has 4 N–H and O–H groups in total. The van der Waals surface area contributed by atoms with Gasteiger partial charge < -0.3 is 49.3 Å². The van der Waals surface area contributed by atoms with Crippen LogP contribution in [0.1, 0.15) is 70.7 Å². The molecule has 4 atom stereocenters. The summed E-state index contributed by atoms with van der Waals surface area (Å²) in [5.74, 6) is -0.522. The zero-order valence-electron chi connectivity index (χ0n) is 34.3. The number of carbonyl (C=O) groups is 4. The summed E-state index contributed by atoms with van der Waals surface area (Å²) < 4.78 is 21.1. The van der Waals surface area contributed by atoms with Crippen LogP contribution in [-0.4, -0.2) is 113 Å². The van der Waals surface area contributed by atoms with Crippen LogP contribution in [0.5, 0.6) is 0 Å². The Balaban J connectivity index is 1.14. The fraction of sp³-hybridized carbons (Fsp3) is 0.476. The van der Waals surface area contributed by atoms with Crippen LogP contribution in [0.4, 0.5) is 9.59 Å². The van der Waals surface area contributed by atoms with E-state index >= 15 is 0 Å². The van der Waals surface area contributed by atoms with Gasteiger partial charge in [-0.25, -0.2) is 19.6 Å². The van der Waals surface area contributed by atoms with Crippen molar-refractivity contribution in [3.8, 4) is 33.6 Å². The summed E-state index contributed by atoms with van der Waals surface area (Å²) in [4.78, 5) is 71.2. The second kappa shape index (κ2) is 17.8. The molecule has 4 aromatic rings. The number of benzene rings is 2. The summed E-state index contributed by atoms with van der Waals surface area (Å²) in [5.41, 5.74) is 5.55. The number of hydrogen-bond donors (Lipinski definition) is 4. The molecule has 16 heteroatoms. The van der Waals surface area contributed by atoms with Crippen LogP contribution in [0.25, 0.3) is 33.6 Å². The SMILES string of the molecule is COC(=O)NC(C(=O)N1CCCC1c1ncc(-c2ccc(-c3ccc(-c4cnc([C@@H]5CC(OC)(OC)CN5C(=O)C(NC(=O)OC)C(C)C)[nH]4)cc3)cc2)[nH]1)C(C)C. The molecule has 4 heterocycles. The van der Waals surface area contributed by atoms with Gasteiger partial charge >= 0.3 is 12.2 Å². The molecule has 16 nitrogen and oxygen atoms in total. The molecule has 3 unspecified atom stereocenters. The number of carbonyl (C=O) groups excluding carboxylic acids is 4. The third-order valence-corrected chi connectivity index (χ3v) is 11.2. The number of H-pyrrole nitrogens is 2.